The van der Waals surface area contributed by atoms with Gasteiger partial charge in [-0.15, -0.1) is 0 Å². The molecule has 1 amide bonds. The number of fused-ring (bicyclic) bond motifs is 3. The maximum atomic E-state index is 13.2. The Balaban J connectivity index is 2.00. The number of carbonyl (C=O) groups is 3. The van der Waals surface area contributed by atoms with Crippen LogP contribution in [0.2, 0.25) is 0 Å². The van der Waals surface area contributed by atoms with Gasteiger partial charge < -0.3 is 31.3 Å². The van der Waals surface area contributed by atoms with Crippen molar-refractivity contribution < 1.29 is 39.9 Å². The summed E-state index contributed by atoms with van der Waals surface area (Å²) in [4.78, 5) is 37.7. The van der Waals surface area contributed by atoms with Gasteiger partial charge in [0.1, 0.15) is 22.8 Å². The second-order valence-electron chi connectivity index (χ2n) is 8.24. The molecule has 4 rings (SSSR count). The van der Waals surface area contributed by atoms with E-state index in [1.807, 2.05) is 0 Å². The molecule has 0 bridgehead atoms. The molecule has 30 heavy (non-hydrogen) atoms. The molecule has 0 radical (unpaired) electrons. The maximum Gasteiger partial charge on any atom is 0.255 e. The fraction of sp³-hybridized carbons (Fsp3) is 0.381. The number of hydrogen-bond acceptors (Lipinski definition) is 8. The Labute approximate surface area is 170 Å². The van der Waals surface area contributed by atoms with E-state index in [1.165, 1.54) is 6.07 Å². The van der Waals surface area contributed by atoms with Crippen LogP contribution in [0.25, 0.3) is 0 Å². The molecule has 4 unspecified atom stereocenters. The SMILES string of the molecule is Cc1cc(O)c2c(c1)C(C)C1C(=C(O)[C@]3(O)C(=O)C(C(N)=O)=C(O)CC3C1O)C2=O. The summed E-state index contributed by atoms with van der Waals surface area (Å²) in [6.45, 7) is 3.41. The lowest BCUT2D eigenvalue weighted by atomic mass is 9.56. The van der Waals surface area contributed by atoms with Gasteiger partial charge in [-0.05, 0) is 30.0 Å². The summed E-state index contributed by atoms with van der Waals surface area (Å²) in [6.07, 6.45) is -2.02. The number of aromatic hydroxyl groups is 1. The molecule has 1 aromatic carbocycles. The van der Waals surface area contributed by atoms with E-state index >= 15 is 0 Å². The molecular formula is C21H21NO8. The molecule has 0 saturated carbocycles. The van der Waals surface area contributed by atoms with E-state index in [1.54, 1.807) is 19.9 Å². The highest BCUT2D eigenvalue weighted by Gasteiger charge is 2.64. The van der Waals surface area contributed by atoms with Gasteiger partial charge >= 0.3 is 0 Å². The lowest BCUT2D eigenvalue weighted by Crippen LogP contribution is -2.62. The minimum absolute atomic E-state index is 0.0862. The average molecular weight is 415 g/mol. The molecule has 9 nitrogen and oxygen atoms in total. The minimum Gasteiger partial charge on any atom is -0.511 e. The summed E-state index contributed by atoms with van der Waals surface area (Å²) >= 11 is 0. The number of hydrogen-bond donors (Lipinski definition) is 6. The van der Waals surface area contributed by atoms with Crippen LogP contribution in [-0.2, 0) is 9.59 Å². The minimum atomic E-state index is -2.81. The summed E-state index contributed by atoms with van der Waals surface area (Å²) in [5.74, 6) is -8.52. The number of aliphatic hydroxyl groups is 4. The number of ketones is 2. The van der Waals surface area contributed by atoms with E-state index in [0.717, 1.165) is 0 Å². The standard InChI is InChI=1S/C21H21NO8/c1-6-3-8-7(2)12-15(17(26)13(8)10(23)4-6)19(28)21(30)9(16(12)25)5-11(24)14(18(21)27)20(22)29/h3-4,7,9,12,16,23-25,28,30H,5H2,1-2H3,(H2,22,29)/t7?,9?,12?,16?,21-/m1/s1. The molecule has 3 aliphatic rings. The number of benzene rings is 1. The van der Waals surface area contributed by atoms with E-state index in [2.05, 4.69) is 0 Å². The van der Waals surface area contributed by atoms with Gasteiger partial charge in [-0.25, -0.2) is 0 Å². The smallest absolute Gasteiger partial charge is 0.255 e. The number of primary amides is 1. The Morgan fingerprint density at radius 3 is 2.43 bits per heavy atom. The van der Waals surface area contributed by atoms with Crippen molar-refractivity contribution in [3.05, 3.63) is 51.5 Å². The average Bonchev–Trinajstić information content (AvgIpc) is 2.64. The van der Waals surface area contributed by atoms with Crippen molar-refractivity contribution in [3.8, 4) is 5.75 Å². The van der Waals surface area contributed by atoms with Gasteiger partial charge in [0.2, 0.25) is 5.78 Å². The van der Waals surface area contributed by atoms with Crippen molar-refractivity contribution in [2.75, 3.05) is 0 Å². The lowest BCUT2D eigenvalue weighted by molar-refractivity contribution is -0.154. The lowest BCUT2D eigenvalue weighted by Gasteiger charge is -2.50. The van der Waals surface area contributed by atoms with Crippen LogP contribution in [0.3, 0.4) is 0 Å². The second-order valence-corrected chi connectivity index (χ2v) is 8.24. The first kappa shape index (κ1) is 20.1. The number of aliphatic hydroxyl groups excluding tert-OH is 3. The van der Waals surface area contributed by atoms with E-state index in [0.29, 0.717) is 11.1 Å². The van der Waals surface area contributed by atoms with Crippen LogP contribution in [0.4, 0.5) is 0 Å². The first-order valence-corrected chi connectivity index (χ1v) is 9.41. The van der Waals surface area contributed by atoms with E-state index in [-0.39, 0.29) is 11.3 Å². The highest BCUT2D eigenvalue weighted by atomic mass is 16.4. The number of amides is 1. The number of phenols is 1. The molecule has 3 aliphatic carbocycles. The van der Waals surface area contributed by atoms with E-state index < -0.39 is 76.0 Å². The second kappa shape index (κ2) is 6.16. The number of phenolic OH excluding ortho intramolecular Hbond substituents is 1. The van der Waals surface area contributed by atoms with Crippen molar-refractivity contribution >= 4 is 17.5 Å². The van der Waals surface area contributed by atoms with Crippen molar-refractivity contribution in [3.63, 3.8) is 0 Å². The normalized spacial score (nSPS) is 33.2. The van der Waals surface area contributed by atoms with Crippen molar-refractivity contribution in [2.24, 2.45) is 17.6 Å². The van der Waals surface area contributed by atoms with Gasteiger partial charge in [0.05, 0.1) is 11.7 Å². The summed E-state index contributed by atoms with van der Waals surface area (Å²) in [5.41, 5.74) is 2.10. The van der Waals surface area contributed by atoms with Crippen LogP contribution in [0, 0.1) is 18.8 Å². The Hall–Kier alpha value is -3.17. The predicted molar refractivity (Wildman–Crippen MR) is 102 cm³/mol. The molecule has 0 aliphatic heterocycles. The first-order chi connectivity index (χ1) is 13.9. The van der Waals surface area contributed by atoms with Crippen LogP contribution in [0.15, 0.2) is 34.8 Å². The Bertz CT molecular complexity index is 1100. The van der Waals surface area contributed by atoms with Gasteiger partial charge in [0.15, 0.2) is 11.4 Å². The van der Waals surface area contributed by atoms with Crippen LogP contribution in [0.5, 0.6) is 5.75 Å². The molecule has 158 valence electrons. The van der Waals surface area contributed by atoms with Crippen molar-refractivity contribution in [2.45, 2.75) is 37.9 Å². The molecule has 0 heterocycles. The highest BCUT2D eigenvalue weighted by molar-refractivity contribution is 6.24. The van der Waals surface area contributed by atoms with Crippen LogP contribution in [-0.4, -0.2) is 54.7 Å². The zero-order chi connectivity index (χ0) is 22.3. The third-order valence-corrected chi connectivity index (χ3v) is 6.58. The number of allylic oxidation sites excluding steroid dienone is 1. The van der Waals surface area contributed by atoms with E-state index in [9.17, 15) is 39.9 Å². The van der Waals surface area contributed by atoms with Gasteiger partial charge in [-0.3, -0.25) is 14.4 Å². The number of Topliss-reactive ketones (excluding diaryl/α,β-unsaturated/α-hetero) is 2. The molecular weight excluding hydrogens is 394 g/mol. The molecule has 1 aromatic rings. The van der Waals surface area contributed by atoms with Crippen molar-refractivity contribution in [1.82, 2.24) is 0 Å². The van der Waals surface area contributed by atoms with Crippen molar-refractivity contribution in [1.29, 1.82) is 0 Å². The third-order valence-electron chi connectivity index (χ3n) is 6.58. The van der Waals surface area contributed by atoms with Crippen LogP contribution >= 0.6 is 0 Å². The van der Waals surface area contributed by atoms with Gasteiger partial charge in [0, 0.05) is 23.8 Å². The zero-order valence-corrected chi connectivity index (χ0v) is 16.2. The number of rotatable bonds is 1. The Morgan fingerprint density at radius 1 is 1.20 bits per heavy atom. The summed E-state index contributed by atoms with van der Waals surface area (Å²) in [7, 11) is 0. The fourth-order valence-electron chi connectivity index (χ4n) is 5.17. The van der Waals surface area contributed by atoms with Gasteiger partial charge in [-0.1, -0.05) is 13.0 Å². The summed E-state index contributed by atoms with van der Waals surface area (Å²) < 4.78 is 0. The topological polar surface area (TPSA) is 178 Å². The van der Waals surface area contributed by atoms with Gasteiger partial charge in [0.25, 0.3) is 5.91 Å². The predicted octanol–water partition coefficient (Wildman–Crippen LogP) is 0.421. The largest absolute Gasteiger partial charge is 0.511 e. The molecule has 0 spiro atoms. The monoisotopic (exact) mass is 415 g/mol. The van der Waals surface area contributed by atoms with Crippen LogP contribution in [0.1, 0.15) is 40.7 Å². The molecule has 7 N–H and O–H groups in total. The van der Waals surface area contributed by atoms with Gasteiger partial charge in [-0.2, -0.15) is 0 Å². The first-order valence-electron chi connectivity index (χ1n) is 9.41. The maximum absolute atomic E-state index is 13.2. The Kier molecular flexibility index (Phi) is 4.13. The molecule has 9 heteroatoms. The molecule has 5 atom stereocenters. The highest BCUT2D eigenvalue weighted by Crippen LogP contribution is 2.54. The Morgan fingerprint density at radius 2 is 1.83 bits per heavy atom. The quantitative estimate of drug-likeness (QED) is 0.357. The number of carbonyl (C=O) groups excluding carboxylic acids is 3. The molecule has 0 saturated heterocycles. The number of aryl methyl sites for hydroxylation is 1. The zero-order valence-electron chi connectivity index (χ0n) is 16.2. The fourth-order valence-corrected chi connectivity index (χ4v) is 5.17. The molecule has 0 aromatic heterocycles. The molecule has 0 fully saturated rings. The summed E-state index contributed by atoms with van der Waals surface area (Å²) in [5, 5.41) is 53.7. The van der Waals surface area contributed by atoms with E-state index in [4.69, 9.17) is 5.73 Å². The summed E-state index contributed by atoms with van der Waals surface area (Å²) in [6, 6.07) is 3.06. The third kappa shape index (κ3) is 2.27. The van der Waals surface area contributed by atoms with Crippen LogP contribution < -0.4 is 5.73 Å². The number of nitrogens with two attached hydrogens (primary N) is 1.